The lowest BCUT2D eigenvalue weighted by Crippen LogP contribution is -2.24. The number of hydrogen-bond donors (Lipinski definition) is 1. The van der Waals surface area contributed by atoms with Crippen molar-refractivity contribution >= 4 is 5.97 Å². The van der Waals surface area contributed by atoms with E-state index < -0.39 is 12.1 Å². The third kappa shape index (κ3) is 1.28. The Hall–Kier alpha value is -1.71. The molecule has 0 aromatic heterocycles. The van der Waals surface area contributed by atoms with Gasteiger partial charge >= 0.3 is 5.97 Å². The number of benzene rings is 1. The lowest BCUT2D eigenvalue weighted by atomic mass is 10.1. The van der Waals surface area contributed by atoms with E-state index in [1.165, 1.54) is 7.11 Å². The molecule has 0 saturated heterocycles. The molecule has 1 aliphatic heterocycles. The Bertz CT molecular complexity index is 372. The van der Waals surface area contributed by atoms with Gasteiger partial charge in [0, 0.05) is 12.0 Å². The van der Waals surface area contributed by atoms with Gasteiger partial charge in [-0.25, -0.2) is 4.79 Å². The summed E-state index contributed by atoms with van der Waals surface area (Å²) in [5.74, 6) is 0.205. The fraction of sp³-hybridized carbons (Fsp3) is 0.300. The molecule has 1 aromatic carbocycles. The van der Waals surface area contributed by atoms with Crippen LogP contribution in [0.2, 0.25) is 0 Å². The molecule has 1 N–H and O–H groups in total. The first-order valence-corrected chi connectivity index (χ1v) is 4.27. The maximum absolute atomic E-state index is 10.7. The Labute approximate surface area is 81.1 Å². The molecule has 0 amide bonds. The molecule has 1 aromatic rings. The number of ether oxygens (including phenoxy) is 2. The number of methoxy groups -OCH3 is 1. The van der Waals surface area contributed by atoms with Gasteiger partial charge in [-0.15, -0.1) is 0 Å². The van der Waals surface area contributed by atoms with Crippen molar-refractivity contribution in [3.63, 3.8) is 0 Å². The summed E-state index contributed by atoms with van der Waals surface area (Å²) in [7, 11) is 1.53. The highest BCUT2D eigenvalue weighted by molar-refractivity contribution is 5.75. The summed E-state index contributed by atoms with van der Waals surface area (Å²) < 4.78 is 10.3. The van der Waals surface area contributed by atoms with Gasteiger partial charge in [0.05, 0.1) is 7.11 Å². The normalized spacial score (nSPS) is 18.5. The van der Waals surface area contributed by atoms with Crippen molar-refractivity contribution in [3.05, 3.63) is 23.8 Å². The lowest BCUT2D eigenvalue weighted by Gasteiger charge is -2.07. The predicted octanol–water partition coefficient (Wildman–Crippen LogP) is 1.08. The van der Waals surface area contributed by atoms with Crippen LogP contribution >= 0.6 is 0 Å². The van der Waals surface area contributed by atoms with Gasteiger partial charge in [0.25, 0.3) is 0 Å². The van der Waals surface area contributed by atoms with E-state index in [4.69, 9.17) is 14.6 Å². The van der Waals surface area contributed by atoms with Crippen molar-refractivity contribution in [2.24, 2.45) is 0 Å². The zero-order valence-corrected chi connectivity index (χ0v) is 7.69. The molecule has 0 saturated carbocycles. The minimum atomic E-state index is -0.941. The SMILES string of the molecule is COc1cccc2c1OC(C(=O)O)C2. The van der Waals surface area contributed by atoms with Crippen molar-refractivity contribution in [2.75, 3.05) is 7.11 Å². The molecule has 0 aliphatic carbocycles. The van der Waals surface area contributed by atoms with Gasteiger partial charge < -0.3 is 14.6 Å². The second-order valence-electron chi connectivity index (χ2n) is 3.10. The van der Waals surface area contributed by atoms with Crippen LogP contribution in [0.15, 0.2) is 18.2 Å². The van der Waals surface area contributed by atoms with Gasteiger partial charge in [-0.05, 0) is 6.07 Å². The summed E-state index contributed by atoms with van der Waals surface area (Å²) in [5.41, 5.74) is 0.886. The average Bonchev–Trinajstić information content (AvgIpc) is 2.60. The van der Waals surface area contributed by atoms with E-state index in [-0.39, 0.29) is 0 Å². The van der Waals surface area contributed by atoms with Crippen molar-refractivity contribution in [1.82, 2.24) is 0 Å². The fourth-order valence-corrected chi connectivity index (χ4v) is 1.54. The highest BCUT2D eigenvalue weighted by Crippen LogP contribution is 2.37. The third-order valence-electron chi connectivity index (χ3n) is 2.22. The molecule has 0 bridgehead atoms. The maximum atomic E-state index is 10.7. The molecule has 0 fully saturated rings. The van der Waals surface area contributed by atoms with Crippen LogP contribution in [0.5, 0.6) is 11.5 Å². The van der Waals surface area contributed by atoms with Crippen molar-refractivity contribution < 1.29 is 19.4 Å². The number of hydrogen-bond acceptors (Lipinski definition) is 3. The molecule has 2 rings (SSSR count). The zero-order chi connectivity index (χ0) is 10.1. The first-order chi connectivity index (χ1) is 6.72. The summed E-state index contributed by atoms with van der Waals surface area (Å²) >= 11 is 0. The molecule has 1 aliphatic rings. The second-order valence-corrected chi connectivity index (χ2v) is 3.10. The predicted molar refractivity (Wildman–Crippen MR) is 48.7 cm³/mol. The molecular weight excluding hydrogens is 184 g/mol. The van der Waals surface area contributed by atoms with E-state index in [0.717, 1.165) is 5.56 Å². The number of rotatable bonds is 2. The van der Waals surface area contributed by atoms with Crippen LogP contribution in [0.1, 0.15) is 5.56 Å². The summed E-state index contributed by atoms with van der Waals surface area (Å²) in [5, 5.41) is 8.78. The molecule has 0 radical (unpaired) electrons. The minimum Gasteiger partial charge on any atom is -0.493 e. The zero-order valence-electron chi connectivity index (χ0n) is 7.69. The van der Waals surface area contributed by atoms with Gasteiger partial charge in [-0.2, -0.15) is 0 Å². The van der Waals surface area contributed by atoms with E-state index in [9.17, 15) is 4.79 Å². The molecule has 4 heteroatoms. The number of carbonyl (C=O) groups is 1. The molecule has 74 valence electrons. The standard InChI is InChI=1S/C10H10O4/c1-13-7-4-2-3-6-5-8(10(11)12)14-9(6)7/h2-4,8H,5H2,1H3,(H,11,12). The lowest BCUT2D eigenvalue weighted by molar-refractivity contribution is -0.144. The third-order valence-corrected chi connectivity index (χ3v) is 2.22. The van der Waals surface area contributed by atoms with Gasteiger partial charge in [-0.1, -0.05) is 12.1 Å². The molecule has 1 unspecified atom stereocenters. The van der Waals surface area contributed by atoms with Crippen LogP contribution < -0.4 is 9.47 Å². The van der Waals surface area contributed by atoms with Crippen LogP contribution in [0.25, 0.3) is 0 Å². The Balaban J connectivity index is 2.34. The smallest absolute Gasteiger partial charge is 0.345 e. The summed E-state index contributed by atoms with van der Waals surface area (Å²) in [6, 6.07) is 5.43. The fourth-order valence-electron chi connectivity index (χ4n) is 1.54. The molecule has 4 nitrogen and oxygen atoms in total. The van der Waals surface area contributed by atoms with Gasteiger partial charge in [0.2, 0.25) is 0 Å². The Morgan fingerprint density at radius 3 is 3.07 bits per heavy atom. The highest BCUT2D eigenvalue weighted by atomic mass is 16.5. The first-order valence-electron chi connectivity index (χ1n) is 4.27. The van der Waals surface area contributed by atoms with Crippen molar-refractivity contribution in [2.45, 2.75) is 12.5 Å². The second kappa shape index (κ2) is 3.21. The van der Waals surface area contributed by atoms with Crippen molar-refractivity contribution in [3.8, 4) is 11.5 Å². The van der Waals surface area contributed by atoms with Crippen LogP contribution in [0.3, 0.4) is 0 Å². The number of carboxylic acids is 1. The topological polar surface area (TPSA) is 55.8 Å². The Morgan fingerprint density at radius 1 is 1.64 bits per heavy atom. The minimum absolute atomic E-state index is 0.405. The quantitative estimate of drug-likeness (QED) is 0.765. The summed E-state index contributed by atoms with van der Waals surface area (Å²) in [6.07, 6.45) is -0.372. The Kier molecular flexibility index (Phi) is 2.04. The van der Waals surface area contributed by atoms with E-state index >= 15 is 0 Å². The van der Waals surface area contributed by atoms with Gasteiger partial charge in [-0.3, -0.25) is 0 Å². The van der Waals surface area contributed by atoms with Crippen LogP contribution in [0, 0.1) is 0 Å². The molecule has 14 heavy (non-hydrogen) atoms. The number of fused-ring (bicyclic) bond motifs is 1. The van der Waals surface area contributed by atoms with E-state index in [1.807, 2.05) is 12.1 Å². The van der Waals surface area contributed by atoms with Crippen molar-refractivity contribution in [1.29, 1.82) is 0 Å². The molecule has 0 spiro atoms. The number of para-hydroxylation sites is 1. The van der Waals surface area contributed by atoms with Gasteiger partial charge in [0.1, 0.15) is 0 Å². The highest BCUT2D eigenvalue weighted by Gasteiger charge is 2.30. The van der Waals surface area contributed by atoms with Crippen LogP contribution in [-0.4, -0.2) is 24.3 Å². The van der Waals surface area contributed by atoms with Crippen LogP contribution in [0.4, 0.5) is 0 Å². The first kappa shape index (κ1) is 8.87. The largest absolute Gasteiger partial charge is 0.493 e. The van der Waals surface area contributed by atoms with Crippen LogP contribution in [-0.2, 0) is 11.2 Å². The summed E-state index contributed by atoms with van der Waals surface area (Å²) in [4.78, 5) is 10.7. The maximum Gasteiger partial charge on any atom is 0.345 e. The monoisotopic (exact) mass is 194 g/mol. The molecule has 1 heterocycles. The Morgan fingerprint density at radius 2 is 2.43 bits per heavy atom. The number of aliphatic carboxylic acids is 1. The van der Waals surface area contributed by atoms with E-state index in [1.54, 1.807) is 6.07 Å². The summed E-state index contributed by atoms with van der Waals surface area (Å²) in [6.45, 7) is 0. The number of carboxylic acid groups (broad SMARTS) is 1. The van der Waals surface area contributed by atoms with E-state index in [0.29, 0.717) is 17.9 Å². The molecule has 1 atom stereocenters. The van der Waals surface area contributed by atoms with E-state index in [2.05, 4.69) is 0 Å². The molecular formula is C10H10O4. The van der Waals surface area contributed by atoms with Gasteiger partial charge in [0.15, 0.2) is 17.6 Å². The average molecular weight is 194 g/mol.